The number of aliphatic hydroxyl groups is 1. The Kier molecular flexibility index (Phi) is 2.02. The highest BCUT2D eigenvalue weighted by Crippen LogP contribution is 2.23. The Morgan fingerprint density at radius 1 is 1.58 bits per heavy atom. The van der Waals surface area contributed by atoms with Gasteiger partial charge in [-0.3, -0.25) is 9.69 Å². The van der Waals surface area contributed by atoms with Gasteiger partial charge in [-0.2, -0.15) is 0 Å². The van der Waals surface area contributed by atoms with Crippen LogP contribution in [0, 0.1) is 5.92 Å². The van der Waals surface area contributed by atoms with E-state index in [1.165, 1.54) is 0 Å². The second-order valence-corrected chi connectivity index (χ2v) is 3.47. The third kappa shape index (κ3) is 1.21. The average molecular weight is 171 g/mol. The third-order valence-electron chi connectivity index (χ3n) is 2.59. The molecule has 2 heterocycles. The van der Waals surface area contributed by atoms with Crippen LogP contribution in [0.15, 0.2) is 0 Å². The second-order valence-electron chi connectivity index (χ2n) is 3.47. The summed E-state index contributed by atoms with van der Waals surface area (Å²) >= 11 is 0. The molecule has 1 N–H and O–H groups in total. The lowest BCUT2D eigenvalue weighted by Gasteiger charge is -2.40. The molecule has 0 aromatic heterocycles. The molecule has 0 aromatic carbocycles. The molecule has 0 amide bonds. The Bertz CT molecular complexity index is 189. The standard InChI is InChI=1S/C8H13NO3/c10-5-6-3-9(4-6)7-1-2-12-8(7)11/h6-7,10H,1-5H2. The zero-order valence-electron chi connectivity index (χ0n) is 6.90. The fraction of sp³-hybridized carbons (Fsp3) is 0.875. The topological polar surface area (TPSA) is 49.8 Å². The van der Waals surface area contributed by atoms with Crippen LogP contribution < -0.4 is 0 Å². The maximum absolute atomic E-state index is 11.1. The summed E-state index contributed by atoms with van der Waals surface area (Å²) < 4.78 is 4.85. The zero-order valence-corrected chi connectivity index (χ0v) is 6.90. The van der Waals surface area contributed by atoms with Gasteiger partial charge >= 0.3 is 5.97 Å². The zero-order chi connectivity index (χ0) is 8.55. The molecular formula is C8H13NO3. The van der Waals surface area contributed by atoms with E-state index < -0.39 is 0 Å². The predicted molar refractivity (Wildman–Crippen MR) is 41.5 cm³/mol. The van der Waals surface area contributed by atoms with Crippen molar-refractivity contribution in [1.82, 2.24) is 4.90 Å². The first-order valence-corrected chi connectivity index (χ1v) is 4.33. The maximum Gasteiger partial charge on any atom is 0.323 e. The molecule has 2 aliphatic heterocycles. The molecule has 68 valence electrons. The molecule has 0 aliphatic carbocycles. The molecule has 12 heavy (non-hydrogen) atoms. The number of cyclic esters (lactones) is 1. The van der Waals surface area contributed by atoms with E-state index in [1.807, 2.05) is 0 Å². The van der Waals surface area contributed by atoms with Crippen LogP contribution in [0.3, 0.4) is 0 Å². The van der Waals surface area contributed by atoms with Gasteiger partial charge in [-0.1, -0.05) is 0 Å². The van der Waals surface area contributed by atoms with Crippen molar-refractivity contribution in [2.75, 3.05) is 26.3 Å². The number of aliphatic hydroxyl groups excluding tert-OH is 1. The number of carbonyl (C=O) groups excluding carboxylic acids is 1. The fourth-order valence-electron chi connectivity index (χ4n) is 1.80. The van der Waals surface area contributed by atoms with Gasteiger partial charge in [0, 0.05) is 32.0 Å². The van der Waals surface area contributed by atoms with Crippen molar-refractivity contribution >= 4 is 5.97 Å². The summed E-state index contributed by atoms with van der Waals surface area (Å²) in [5, 5.41) is 8.77. The molecule has 2 rings (SSSR count). The highest BCUT2D eigenvalue weighted by Gasteiger charge is 2.39. The molecule has 1 unspecified atom stereocenters. The summed E-state index contributed by atoms with van der Waals surface area (Å²) in [5.41, 5.74) is 0. The Labute approximate surface area is 71.1 Å². The van der Waals surface area contributed by atoms with Gasteiger partial charge in [0.05, 0.1) is 6.61 Å². The number of nitrogens with zero attached hydrogens (tertiary/aromatic N) is 1. The molecule has 1 atom stereocenters. The maximum atomic E-state index is 11.1. The summed E-state index contributed by atoms with van der Waals surface area (Å²) in [6.07, 6.45) is 0.816. The minimum absolute atomic E-state index is 0.0206. The normalized spacial score (nSPS) is 31.8. The Morgan fingerprint density at radius 3 is 2.83 bits per heavy atom. The average Bonchev–Trinajstić information content (AvgIpc) is 2.35. The molecule has 0 aromatic rings. The van der Waals surface area contributed by atoms with Gasteiger partial charge in [0.25, 0.3) is 0 Å². The lowest BCUT2D eigenvalue weighted by molar-refractivity contribution is -0.144. The van der Waals surface area contributed by atoms with E-state index in [1.54, 1.807) is 0 Å². The highest BCUT2D eigenvalue weighted by atomic mass is 16.5. The van der Waals surface area contributed by atoms with E-state index in [4.69, 9.17) is 9.84 Å². The van der Waals surface area contributed by atoms with E-state index in [2.05, 4.69) is 4.90 Å². The van der Waals surface area contributed by atoms with Gasteiger partial charge < -0.3 is 9.84 Å². The second kappa shape index (κ2) is 3.03. The number of hydrogen-bond acceptors (Lipinski definition) is 4. The van der Waals surface area contributed by atoms with E-state index in [9.17, 15) is 4.79 Å². The molecule has 4 heteroatoms. The minimum atomic E-state index is -0.0913. The van der Waals surface area contributed by atoms with Crippen molar-refractivity contribution in [2.45, 2.75) is 12.5 Å². The van der Waals surface area contributed by atoms with Gasteiger partial charge in [-0.25, -0.2) is 0 Å². The van der Waals surface area contributed by atoms with Crippen LogP contribution in [-0.4, -0.2) is 48.3 Å². The summed E-state index contributed by atoms with van der Waals surface area (Å²) in [7, 11) is 0. The number of carbonyl (C=O) groups is 1. The SMILES string of the molecule is O=C1OCCC1N1CC(CO)C1. The number of likely N-dealkylation sites (tertiary alicyclic amines) is 1. The van der Waals surface area contributed by atoms with Crippen LogP contribution >= 0.6 is 0 Å². The Hall–Kier alpha value is -0.610. The number of ether oxygens (including phenoxy) is 1. The largest absolute Gasteiger partial charge is 0.464 e. The monoisotopic (exact) mass is 171 g/mol. The van der Waals surface area contributed by atoms with Crippen molar-refractivity contribution < 1.29 is 14.6 Å². The molecule has 0 bridgehead atoms. The van der Waals surface area contributed by atoms with Crippen molar-refractivity contribution in [3.05, 3.63) is 0 Å². The molecule has 4 nitrogen and oxygen atoms in total. The van der Waals surface area contributed by atoms with E-state index >= 15 is 0 Å². The van der Waals surface area contributed by atoms with Crippen LogP contribution in [0.1, 0.15) is 6.42 Å². The van der Waals surface area contributed by atoms with Crippen molar-refractivity contribution in [2.24, 2.45) is 5.92 Å². The van der Waals surface area contributed by atoms with Crippen LogP contribution in [0.4, 0.5) is 0 Å². The minimum Gasteiger partial charge on any atom is -0.464 e. The fourth-order valence-corrected chi connectivity index (χ4v) is 1.80. The van der Waals surface area contributed by atoms with Crippen LogP contribution in [0.5, 0.6) is 0 Å². The first-order valence-electron chi connectivity index (χ1n) is 4.33. The van der Waals surface area contributed by atoms with E-state index in [0.29, 0.717) is 12.5 Å². The summed E-state index contributed by atoms with van der Waals surface area (Å²) in [6.45, 7) is 2.48. The highest BCUT2D eigenvalue weighted by molar-refractivity contribution is 5.77. The van der Waals surface area contributed by atoms with Gasteiger partial charge in [0.15, 0.2) is 0 Å². The van der Waals surface area contributed by atoms with Crippen molar-refractivity contribution in [3.8, 4) is 0 Å². The molecule has 2 fully saturated rings. The predicted octanol–water partition coefficient (Wildman–Crippen LogP) is -0.774. The van der Waals surface area contributed by atoms with E-state index in [-0.39, 0.29) is 18.6 Å². The Morgan fingerprint density at radius 2 is 2.33 bits per heavy atom. The molecule has 0 spiro atoms. The van der Waals surface area contributed by atoms with E-state index in [0.717, 1.165) is 19.5 Å². The number of rotatable bonds is 2. The van der Waals surface area contributed by atoms with Crippen LogP contribution in [0.2, 0.25) is 0 Å². The first-order chi connectivity index (χ1) is 5.81. The molecule has 0 radical (unpaired) electrons. The third-order valence-corrected chi connectivity index (χ3v) is 2.59. The smallest absolute Gasteiger partial charge is 0.323 e. The van der Waals surface area contributed by atoms with Gasteiger partial charge in [-0.15, -0.1) is 0 Å². The lowest BCUT2D eigenvalue weighted by Crippen LogP contribution is -2.54. The summed E-state index contributed by atoms with van der Waals surface area (Å²) in [6, 6.07) is -0.0206. The summed E-state index contributed by atoms with van der Waals surface area (Å²) in [5.74, 6) is 0.282. The van der Waals surface area contributed by atoms with Gasteiger partial charge in [0.2, 0.25) is 0 Å². The van der Waals surface area contributed by atoms with Gasteiger partial charge in [-0.05, 0) is 0 Å². The summed E-state index contributed by atoms with van der Waals surface area (Å²) in [4.78, 5) is 13.2. The van der Waals surface area contributed by atoms with Crippen LogP contribution in [0.25, 0.3) is 0 Å². The van der Waals surface area contributed by atoms with Crippen molar-refractivity contribution in [1.29, 1.82) is 0 Å². The Balaban J connectivity index is 1.83. The molecule has 2 aliphatic rings. The van der Waals surface area contributed by atoms with Crippen molar-refractivity contribution in [3.63, 3.8) is 0 Å². The lowest BCUT2D eigenvalue weighted by atomic mass is 9.98. The quantitative estimate of drug-likeness (QED) is 0.554. The first kappa shape index (κ1) is 8.01. The molecular weight excluding hydrogens is 158 g/mol. The van der Waals surface area contributed by atoms with Gasteiger partial charge in [0.1, 0.15) is 6.04 Å². The molecule has 2 saturated heterocycles. The molecule has 0 saturated carbocycles. The number of hydrogen-bond donors (Lipinski definition) is 1. The van der Waals surface area contributed by atoms with Crippen LogP contribution in [-0.2, 0) is 9.53 Å². The number of esters is 1.